The van der Waals surface area contributed by atoms with Gasteiger partial charge in [0, 0.05) is 24.7 Å². The van der Waals surface area contributed by atoms with Crippen LogP contribution >= 0.6 is 0 Å². The van der Waals surface area contributed by atoms with Crippen LogP contribution in [0.2, 0.25) is 0 Å². The normalized spacial score (nSPS) is 43.9. The number of hydrogen-bond acceptors (Lipinski definition) is 2. The Morgan fingerprint density at radius 1 is 1.11 bits per heavy atom. The van der Waals surface area contributed by atoms with Gasteiger partial charge >= 0.3 is 6.18 Å². The topological polar surface area (TPSA) is 29.3 Å². The van der Waals surface area contributed by atoms with E-state index < -0.39 is 12.1 Å². The third-order valence-electron chi connectivity index (χ3n) is 5.78. The minimum atomic E-state index is -4.02. The van der Waals surface area contributed by atoms with Crippen molar-refractivity contribution in [3.63, 3.8) is 0 Å². The quantitative estimate of drug-likeness (QED) is 0.840. The molecule has 0 radical (unpaired) electrons. The molecule has 3 fully saturated rings. The second kappa shape index (κ2) is 4.62. The van der Waals surface area contributed by atoms with Gasteiger partial charge in [0.1, 0.15) is 0 Å². The lowest BCUT2D eigenvalue weighted by Gasteiger charge is -2.49. The van der Waals surface area contributed by atoms with Gasteiger partial charge in [-0.3, -0.25) is 4.90 Å². The minimum Gasteiger partial charge on any atom is -0.329 e. The fourth-order valence-corrected chi connectivity index (χ4v) is 4.60. The van der Waals surface area contributed by atoms with Crippen molar-refractivity contribution in [2.75, 3.05) is 13.1 Å². The van der Waals surface area contributed by atoms with Crippen LogP contribution in [0.15, 0.2) is 0 Å². The van der Waals surface area contributed by atoms with Crippen LogP contribution in [-0.2, 0) is 0 Å². The van der Waals surface area contributed by atoms with Crippen molar-refractivity contribution in [1.82, 2.24) is 4.90 Å². The summed E-state index contributed by atoms with van der Waals surface area (Å²) < 4.78 is 38.3. The molecule has 0 spiro atoms. The van der Waals surface area contributed by atoms with Gasteiger partial charge in [0.2, 0.25) is 0 Å². The average molecular weight is 276 g/mol. The molecular formula is C14H23F3N2. The zero-order valence-electron chi connectivity index (χ0n) is 11.3. The van der Waals surface area contributed by atoms with E-state index in [-0.39, 0.29) is 18.4 Å². The lowest BCUT2D eigenvalue weighted by Crippen LogP contribution is -2.58. The van der Waals surface area contributed by atoms with Crippen molar-refractivity contribution < 1.29 is 13.2 Å². The number of fused-ring (bicyclic) bond motifs is 2. The Morgan fingerprint density at radius 3 is 2.21 bits per heavy atom. The maximum atomic E-state index is 12.8. The van der Waals surface area contributed by atoms with Crippen LogP contribution in [0.1, 0.15) is 44.9 Å². The van der Waals surface area contributed by atoms with Gasteiger partial charge in [0.05, 0.1) is 5.92 Å². The third-order valence-corrected chi connectivity index (χ3v) is 5.78. The van der Waals surface area contributed by atoms with Crippen LogP contribution in [0.3, 0.4) is 0 Å². The highest BCUT2D eigenvalue weighted by Gasteiger charge is 2.52. The molecule has 1 heterocycles. The fourth-order valence-electron chi connectivity index (χ4n) is 4.60. The van der Waals surface area contributed by atoms with Gasteiger partial charge in [-0.1, -0.05) is 0 Å². The Hall–Kier alpha value is -0.290. The van der Waals surface area contributed by atoms with Crippen molar-refractivity contribution >= 4 is 0 Å². The lowest BCUT2D eigenvalue weighted by atomic mass is 9.74. The van der Waals surface area contributed by atoms with Crippen molar-refractivity contribution in [2.24, 2.45) is 17.6 Å². The molecule has 2 bridgehead atoms. The molecule has 3 aliphatic rings. The summed E-state index contributed by atoms with van der Waals surface area (Å²) in [5.74, 6) is -0.333. The number of alkyl halides is 3. The summed E-state index contributed by atoms with van der Waals surface area (Å²) in [4.78, 5) is 2.48. The van der Waals surface area contributed by atoms with Gasteiger partial charge < -0.3 is 5.73 Å². The number of halogens is 3. The van der Waals surface area contributed by atoms with E-state index in [1.54, 1.807) is 0 Å². The average Bonchev–Trinajstić information content (AvgIpc) is 3.00. The monoisotopic (exact) mass is 276 g/mol. The molecule has 110 valence electrons. The largest absolute Gasteiger partial charge is 0.391 e. The first-order valence-corrected chi connectivity index (χ1v) is 7.48. The molecule has 1 aliphatic heterocycles. The van der Waals surface area contributed by atoms with E-state index in [4.69, 9.17) is 5.73 Å². The standard InChI is InChI=1S/C14H23F3N2/c15-14(16,17)11-3-5-13(9-18,6-4-11)19-8-10-1-2-12(19)7-10/h10-12H,1-9,18H2. The number of hydrogen-bond donors (Lipinski definition) is 1. The highest BCUT2D eigenvalue weighted by atomic mass is 19.4. The zero-order valence-corrected chi connectivity index (χ0v) is 11.3. The molecule has 5 heteroatoms. The van der Waals surface area contributed by atoms with Crippen molar-refractivity contribution in [3.05, 3.63) is 0 Å². The van der Waals surface area contributed by atoms with Crippen LogP contribution in [-0.4, -0.2) is 35.7 Å². The van der Waals surface area contributed by atoms with Crippen LogP contribution in [0, 0.1) is 11.8 Å². The minimum absolute atomic E-state index is 0.137. The second-order valence-corrected chi connectivity index (χ2v) is 6.73. The summed E-state index contributed by atoms with van der Waals surface area (Å²) in [6.07, 6.45) is 1.49. The summed E-state index contributed by atoms with van der Waals surface area (Å²) in [5.41, 5.74) is 5.84. The van der Waals surface area contributed by atoms with Crippen molar-refractivity contribution in [1.29, 1.82) is 0 Å². The van der Waals surface area contributed by atoms with Crippen LogP contribution in [0.4, 0.5) is 13.2 Å². The van der Waals surface area contributed by atoms with Gasteiger partial charge in [0.15, 0.2) is 0 Å². The summed E-state index contributed by atoms with van der Waals surface area (Å²) in [7, 11) is 0. The lowest BCUT2D eigenvalue weighted by molar-refractivity contribution is -0.189. The van der Waals surface area contributed by atoms with E-state index in [9.17, 15) is 13.2 Å². The van der Waals surface area contributed by atoms with Gasteiger partial charge in [-0.2, -0.15) is 13.2 Å². The van der Waals surface area contributed by atoms with Crippen LogP contribution < -0.4 is 5.73 Å². The Bertz CT molecular complexity index is 334. The molecular weight excluding hydrogens is 253 g/mol. The Kier molecular flexibility index (Phi) is 3.33. The number of nitrogens with two attached hydrogens (primary N) is 1. The molecule has 2 saturated carbocycles. The first-order valence-electron chi connectivity index (χ1n) is 7.48. The Morgan fingerprint density at radius 2 is 1.79 bits per heavy atom. The van der Waals surface area contributed by atoms with Crippen LogP contribution in [0.5, 0.6) is 0 Å². The van der Waals surface area contributed by atoms with Crippen molar-refractivity contribution in [2.45, 2.75) is 62.7 Å². The Balaban J connectivity index is 1.69. The van der Waals surface area contributed by atoms with E-state index in [1.165, 1.54) is 19.3 Å². The van der Waals surface area contributed by atoms with Gasteiger partial charge in [0.25, 0.3) is 0 Å². The number of nitrogens with zero attached hydrogens (tertiary/aromatic N) is 1. The second-order valence-electron chi connectivity index (χ2n) is 6.73. The predicted octanol–water partition coefficient (Wildman–Crippen LogP) is 2.92. The third kappa shape index (κ3) is 2.29. The molecule has 19 heavy (non-hydrogen) atoms. The Labute approximate surface area is 112 Å². The molecule has 3 rings (SSSR count). The molecule has 0 aromatic heterocycles. The molecule has 1 saturated heterocycles. The van der Waals surface area contributed by atoms with Gasteiger partial charge in [-0.25, -0.2) is 0 Å². The maximum Gasteiger partial charge on any atom is 0.391 e. The number of likely N-dealkylation sites (tertiary alicyclic amines) is 1. The predicted molar refractivity (Wildman–Crippen MR) is 67.6 cm³/mol. The van der Waals surface area contributed by atoms with Crippen molar-refractivity contribution in [3.8, 4) is 0 Å². The van der Waals surface area contributed by atoms with Gasteiger partial charge in [-0.15, -0.1) is 0 Å². The summed E-state index contributed by atoms with van der Waals surface area (Å²) >= 11 is 0. The highest BCUT2D eigenvalue weighted by Crippen LogP contribution is 2.48. The molecule has 0 aromatic carbocycles. The maximum absolute atomic E-state index is 12.8. The van der Waals surface area contributed by atoms with E-state index in [1.807, 2.05) is 0 Å². The molecule has 0 amide bonds. The number of rotatable bonds is 2. The summed E-state index contributed by atoms with van der Waals surface area (Å²) in [6.45, 7) is 1.58. The van der Waals surface area contributed by atoms with E-state index in [0.717, 1.165) is 12.5 Å². The number of piperidine rings is 1. The highest BCUT2D eigenvalue weighted by molar-refractivity contribution is 5.05. The summed E-state index contributed by atoms with van der Waals surface area (Å²) in [6, 6.07) is 0.594. The van der Waals surface area contributed by atoms with Crippen LogP contribution in [0.25, 0.3) is 0 Å². The smallest absolute Gasteiger partial charge is 0.329 e. The molecule has 2 nitrogen and oxygen atoms in total. The van der Waals surface area contributed by atoms with Gasteiger partial charge in [-0.05, 0) is 50.9 Å². The molecule has 2 N–H and O–H groups in total. The molecule has 2 unspecified atom stereocenters. The summed E-state index contributed by atoms with van der Waals surface area (Å²) in [5, 5.41) is 0. The van der Waals surface area contributed by atoms with E-state index >= 15 is 0 Å². The first kappa shape index (κ1) is 13.7. The fraction of sp³-hybridized carbons (Fsp3) is 1.00. The van der Waals surface area contributed by atoms with E-state index in [0.29, 0.717) is 25.4 Å². The van der Waals surface area contributed by atoms with E-state index in [2.05, 4.69) is 4.90 Å². The zero-order chi connectivity index (χ0) is 13.7. The first-order chi connectivity index (χ1) is 8.94. The SMILES string of the molecule is NCC1(N2CC3CCC2C3)CCC(C(F)(F)F)CC1. The molecule has 0 aromatic rings. The molecule has 2 atom stereocenters. The molecule has 2 aliphatic carbocycles.